The Bertz CT molecular complexity index is 1460. The van der Waals surface area contributed by atoms with Crippen molar-refractivity contribution in [2.45, 2.75) is 17.9 Å². The van der Waals surface area contributed by atoms with Crippen molar-refractivity contribution in [2.75, 3.05) is 33.8 Å². The second-order valence-electron chi connectivity index (χ2n) is 7.75. The Hall–Kier alpha value is -3.91. The minimum absolute atomic E-state index is 0.0740. The van der Waals surface area contributed by atoms with Crippen LogP contribution in [0, 0.1) is 0 Å². The van der Waals surface area contributed by atoms with Gasteiger partial charge in [-0.2, -0.15) is 0 Å². The van der Waals surface area contributed by atoms with Gasteiger partial charge in [-0.1, -0.05) is 0 Å². The number of nitrogens with zero attached hydrogens (tertiary/aromatic N) is 3. The van der Waals surface area contributed by atoms with Crippen molar-refractivity contribution in [1.29, 1.82) is 0 Å². The van der Waals surface area contributed by atoms with E-state index in [1.807, 2.05) is 0 Å². The minimum Gasteiger partial charge on any atom is -0.486 e. The quantitative estimate of drug-likeness (QED) is 0.441. The van der Waals surface area contributed by atoms with Crippen LogP contribution in [0.1, 0.15) is 6.92 Å². The number of rotatable bonds is 8. The molecule has 0 radical (unpaired) electrons. The zero-order chi connectivity index (χ0) is 25.9. The lowest BCUT2D eigenvalue weighted by Gasteiger charge is -2.29. The highest BCUT2D eigenvalue weighted by Gasteiger charge is 2.30. The average molecular weight is 534 g/mol. The standard InChI is InChI=1S/C22H23N5O7S2/c1-15(27(35(2,29)30)17-6-9-19-20(14-17)34-13-12-33-19)21(28)25-16-4-7-18(8-5-16)36(31,32)26-22-23-10-3-11-24-22/h3-11,14-15H,12-13H2,1-2H3,(H,25,28)(H,23,24,26). The predicted molar refractivity (Wildman–Crippen MR) is 132 cm³/mol. The van der Waals surface area contributed by atoms with Crippen molar-refractivity contribution in [3.63, 3.8) is 0 Å². The van der Waals surface area contributed by atoms with Gasteiger partial charge in [-0.3, -0.25) is 9.10 Å². The monoisotopic (exact) mass is 533 g/mol. The molecule has 1 atom stereocenters. The van der Waals surface area contributed by atoms with Gasteiger partial charge in [0.15, 0.2) is 11.5 Å². The summed E-state index contributed by atoms with van der Waals surface area (Å²) in [4.78, 5) is 20.5. The molecule has 0 spiro atoms. The number of amides is 1. The lowest BCUT2D eigenvalue weighted by Crippen LogP contribution is -2.45. The largest absolute Gasteiger partial charge is 0.486 e. The predicted octanol–water partition coefficient (Wildman–Crippen LogP) is 1.84. The van der Waals surface area contributed by atoms with Crippen molar-refractivity contribution in [1.82, 2.24) is 9.97 Å². The molecule has 0 saturated carbocycles. The molecule has 4 rings (SSSR count). The summed E-state index contributed by atoms with van der Waals surface area (Å²) in [6.45, 7) is 2.15. The van der Waals surface area contributed by atoms with E-state index in [-0.39, 0.29) is 22.2 Å². The number of benzene rings is 2. The van der Waals surface area contributed by atoms with Gasteiger partial charge in [0.05, 0.1) is 16.8 Å². The number of fused-ring (bicyclic) bond motifs is 1. The van der Waals surface area contributed by atoms with Crippen LogP contribution >= 0.6 is 0 Å². The van der Waals surface area contributed by atoms with Gasteiger partial charge in [-0.15, -0.1) is 0 Å². The van der Waals surface area contributed by atoms with Crippen LogP contribution in [0.3, 0.4) is 0 Å². The van der Waals surface area contributed by atoms with Gasteiger partial charge in [0.25, 0.3) is 10.0 Å². The Morgan fingerprint density at radius 2 is 1.61 bits per heavy atom. The molecule has 1 aliphatic rings. The number of carbonyl (C=O) groups excluding carboxylic acids is 1. The Morgan fingerprint density at radius 3 is 2.25 bits per heavy atom. The topological polar surface area (TPSA) is 157 Å². The molecule has 1 amide bonds. The molecular weight excluding hydrogens is 510 g/mol. The molecule has 3 aromatic rings. The summed E-state index contributed by atoms with van der Waals surface area (Å²) in [5, 5.41) is 2.61. The first-order chi connectivity index (χ1) is 17.0. The minimum atomic E-state index is -3.95. The summed E-state index contributed by atoms with van der Waals surface area (Å²) in [6, 6.07) is 10.4. The van der Waals surface area contributed by atoms with Gasteiger partial charge in [-0.25, -0.2) is 31.5 Å². The summed E-state index contributed by atoms with van der Waals surface area (Å²) in [5.41, 5.74) is 0.512. The van der Waals surface area contributed by atoms with Crippen molar-refractivity contribution >= 4 is 43.3 Å². The molecule has 1 aromatic heterocycles. The van der Waals surface area contributed by atoms with Crippen LogP contribution in [0.25, 0.3) is 0 Å². The van der Waals surface area contributed by atoms with Crippen LogP contribution in [-0.4, -0.2) is 58.2 Å². The van der Waals surface area contributed by atoms with Crippen LogP contribution in [0.5, 0.6) is 11.5 Å². The van der Waals surface area contributed by atoms with Gasteiger partial charge in [-0.05, 0) is 49.4 Å². The highest BCUT2D eigenvalue weighted by molar-refractivity contribution is 7.92. The maximum atomic E-state index is 13.0. The van der Waals surface area contributed by atoms with Crippen LogP contribution in [0.15, 0.2) is 65.8 Å². The van der Waals surface area contributed by atoms with E-state index in [2.05, 4.69) is 20.0 Å². The number of sulfonamides is 2. The Kier molecular flexibility index (Phi) is 6.99. The van der Waals surface area contributed by atoms with Gasteiger partial charge >= 0.3 is 0 Å². The lowest BCUT2D eigenvalue weighted by atomic mass is 10.2. The molecule has 2 heterocycles. The van der Waals surface area contributed by atoms with E-state index >= 15 is 0 Å². The molecule has 0 fully saturated rings. The van der Waals surface area contributed by atoms with E-state index in [0.29, 0.717) is 24.7 Å². The van der Waals surface area contributed by atoms with E-state index in [4.69, 9.17) is 9.47 Å². The van der Waals surface area contributed by atoms with Crippen molar-refractivity contribution in [2.24, 2.45) is 0 Å². The maximum absolute atomic E-state index is 13.0. The normalized spacial score (nSPS) is 13.9. The molecule has 12 nitrogen and oxygen atoms in total. The SMILES string of the molecule is CC(C(=O)Nc1ccc(S(=O)(=O)Nc2ncccn2)cc1)N(c1ccc2c(c1)OCCO2)S(C)(=O)=O. The van der Waals surface area contributed by atoms with Crippen LogP contribution in [0.4, 0.5) is 17.3 Å². The second kappa shape index (κ2) is 9.99. The van der Waals surface area contributed by atoms with Gasteiger partial charge in [0, 0.05) is 24.1 Å². The molecule has 0 aliphatic carbocycles. The number of aromatic nitrogens is 2. The first kappa shape index (κ1) is 25.2. The van der Waals surface area contributed by atoms with Crippen LogP contribution in [0.2, 0.25) is 0 Å². The molecule has 0 saturated heterocycles. The highest BCUT2D eigenvalue weighted by atomic mass is 32.2. The third-order valence-corrected chi connectivity index (χ3v) is 7.68. The van der Waals surface area contributed by atoms with Gasteiger partial charge in [0.1, 0.15) is 19.3 Å². The van der Waals surface area contributed by atoms with Crippen molar-refractivity contribution < 1.29 is 31.1 Å². The number of ether oxygens (including phenoxy) is 2. The van der Waals surface area contributed by atoms with Crippen LogP contribution < -0.4 is 23.8 Å². The Balaban J connectivity index is 1.50. The molecule has 2 aromatic carbocycles. The molecule has 2 N–H and O–H groups in total. The molecule has 1 unspecified atom stereocenters. The fraction of sp³-hybridized carbons (Fsp3) is 0.227. The van der Waals surface area contributed by atoms with Crippen molar-refractivity contribution in [3.8, 4) is 11.5 Å². The zero-order valence-electron chi connectivity index (χ0n) is 19.3. The first-order valence-corrected chi connectivity index (χ1v) is 14.0. The van der Waals surface area contributed by atoms with Crippen LogP contribution in [-0.2, 0) is 24.8 Å². The smallest absolute Gasteiger partial charge is 0.264 e. The molecular formula is C22H23N5O7S2. The molecule has 1 aliphatic heterocycles. The number of hydrogen-bond donors (Lipinski definition) is 2. The Morgan fingerprint density at radius 1 is 0.972 bits per heavy atom. The van der Waals surface area contributed by atoms with E-state index < -0.39 is 32.0 Å². The number of carbonyl (C=O) groups is 1. The fourth-order valence-corrected chi connectivity index (χ4v) is 5.60. The number of nitrogens with one attached hydrogen (secondary N) is 2. The summed E-state index contributed by atoms with van der Waals surface area (Å²) in [7, 11) is -7.81. The molecule has 14 heteroatoms. The van der Waals surface area contributed by atoms with E-state index in [0.717, 1.165) is 10.6 Å². The second-order valence-corrected chi connectivity index (χ2v) is 11.3. The highest BCUT2D eigenvalue weighted by Crippen LogP contribution is 2.35. The first-order valence-electron chi connectivity index (χ1n) is 10.6. The third kappa shape index (κ3) is 5.66. The summed E-state index contributed by atoms with van der Waals surface area (Å²) in [6.07, 6.45) is 3.79. The Labute approximate surface area is 208 Å². The molecule has 0 bridgehead atoms. The fourth-order valence-electron chi connectivity index (χ4n) is 3.47. The van der Waals surface area contributed by atoms with Crippen molar-refractivity contribution in [3.05, 3.63) is 60.9 Å². The zero-order valence-corrected chi connectivity index (χ0v) is 20.9. The summed E-state index contributed by atoms with van der Waals surface area (Å²) >= 11 is 0. The summed E-state index contributed by atoms with van der Waals surface area (Å²) < 4.78 is 64.5. The molecule has 36 heavy (non-hydrogen) atoms. The average Bonchev–Trinajstić information content (AvgIpc) is 2.84. The summed E-state index contributed by atoms with van der Waals surface area (Å²) in [5.74, 6) is 0.163. The lowest BCUT2D eigenvalue weighted by molar-refractivity contribution is -0.116. The van der Waals surface area contributed by atoms with E-state index in [1.165, 1.54) is 55.7 Å². The third-order valence-electron chi connectivity index (χ3n) is 5.09. The number of anilines is 3. The van der Waals surface area contributed by atoms with E-state index in [9.17, 15) is 21.6 Å². The molecule has 190 valence electrons. The number of hydrogen-bond acceptors (Lipinski definition) is 9. The maximum Gasteiger partial charge on any atom is 0.264 e. The van der Waals surface area contributed by atoms with Gasteiger partial charge in [0.2, 0.25) is 21.9 Å². The van der Waals surface area contributed by atoms with Gasteiger partial charge < -0.3 is 14.8 Å². The van der Waals surface area contributed by atoms with E-state index in [1.54, 1.807) is 12.1 Å².